The van der Waals surface area contributed by atoms with E-state index in [0.29, 0.717) is 0 Å². The summed E-state index contributed by atoms with van der Waals surface area (Å²) < 4.78 is 2.88. The van der Waals surface area contributed by atoms with Crippen LogP contribution in [-0.4, -0.2) is 0 Å². The molecule has 2 aliphatic rings. The van der Waals surface area contributed by atoms with Gasteiger partial charge in [0.25, 0.3) is 0 Å². The van der Waals surface area contributed by atoms with Crippen molar-refractivity contribution in [1.29, 1.82) is 0 Å². The van der Waals surface area contributed by atoms with Crippen LogP contribution in [0.25, 0.3) is 0 Å². The van der Waals surface area contributed by atoms with Gasteiger partial charge in [0.15, 0.2) is 0 Å². The summed E-state index contributed by atoms with van der Waals surface area (Å²) in [5, 5.41) is 0. The highest BCUT2D eigenvalue weighted by atomic mass is 127. The van der Waals surface area contributed by atoms with Crippen molar-refractivity contribution < 1.29 is 0 Å². The fourth-order valence-corrected chi connectivity index (χ4v) is 7.42. The van der Waals surface area contributed by atoms with E-state index in [9.17, 15) is 0 Å². The van der Waals surface area contributed by atoms with Crippen LogP contribution < -0.4 is 0 Å². The molecular weight excluding hydrogens is 506 g/mol. The maximum absolute atomic E-state index is 2.56. The lowest BCUT2D eigenvalue weighted by atomic mass is 9.72. The lowest BCUT2D eigenvalue weighted by Crippen LogP contribution is -2.28. The van der Waals surface area contributed by atoms with Gasteiger partial charge in [0.1, 0.15) is 0 Å². The first-order valence-electron chi connectivity index (χ1n) is 8.28. The molecule has 1 spiro atoms. The molecule has 2 aromatic rings. The Hall–Kier alpha value is -0.100. The monoisotopic (exact) mass is 528 g/mol. The highest BCUT2D eigenvalue weighted by Crippen LogP contribution is 2.64. The van der Waals surface area contributed by atoms with Crippen molar-refractivity contribution in [2.45, 2.75) is 56.8 Å². The minimum Gasteiger partial charge on any atom is -0.0609 e. The number of hydrogen-bond acceptors (Lipinski definition) is 0. The first kappa shape index (κ1) is 16.4. The van der Waals surface area contributed by atoms with Crippen molar-refractivity contribution in [2.24, 2.45) is 0 Å². The minimum absolute atomic E-state index is 0.188. The molecule has 0 amide bonds. The van der Waals surface area contributed by atoms with Gasteiger partial charge >= 0.3 is 0 Å². The molecule has 0 heterocycles. The van der Waals surface area contributed by atoms with Crippen LogP contribution in [0.3, 0.4) is 0 Å². The second-order valence-corrected chi connectivity index (χ2v) is 10.9. The average molecular weight is 528 g/mol. The Balaban J connectivity index is 2.11. The molecular formula is C21H22I2. The molecule has 0 nitrogen and oxygen atoms in total. The highest BCUT2D eigenvalue weighted by Gasteiger charge is 2.57. The second kappa shape index (κ2) is 4.96. The van der Waals surface area contributed by atoms with Crippen molar-refractivity contribution in [3.05, 3.63) is 65.8 Å². The first-order chi connectivity index (χ1) is 10.7. The molecule has 0 bridgehead atoms. The van der Waals surface area contributed by atoms with E-state index in [1.54, 1.807) is 22.3 Å². The van der Waals surface area contributed by atoms with E-state index in [-0.39, 0.29) is 16.2 Å². The van der Waals surface area contributed by atoms with E-state index >= 15 is 0 Å². The Morgan fingerprint density at radius 1 is 0.696 bits per heavy atom. The molecule has 0 radical (unpaired) electrons. The quantitative estimate of drug-likeness (QED) is 0.341. The molecule has 0 atom stereocenters. The molecule has 4 rings (SSSR count). The maximum Gasteiger partial charge on any atom is 0.0246 e. The van der Waals surface area contributed by atoms with Crippen molar-refractivity contribution in [1.82, 2.24) is 0 Å². The van der Waals surface area contributed by atoms with Gasteiger partial charge in [-0.2, -0.15) is 0 Å². The van der Waals surface area contributed by atoms with Crippen molar-refractivity contribution in [2.75, 3.05) is 0 Å². The SMILES string of the molecule is CC1(C)CC2(CC(C)(C)c3cccc(I)c32)c2c(I)cccc21. The first-order valence-corrected chi connectivity index (χ1v) is 10.4. The third-order valence-corrected chi connectivity index (χ3v) is 7.73. The average Bonchev–Trinajstić information content (AvgIpc) is 2.80. The summed E-state index contributed by atoms with van der Waals surface area (Å²) in [6, 6.07) is 13.8. The van der Waals surface area contributed by atoms with Crippen LogP contribution in [0.5, 0.6) is 0 Å². The number of halogens is 2. The van der Waals surface area contributed by atoms with E-state index in [4.69, 9.17) is 0 Å². The lowest BCUT2D eigenvalue weighted by Gasteiger charge is -2.31. The van der Waals surface area contributed by atoms with Crippen LogP contribution in [0.2, 0.25) is 0 Å². The molecule has 23 heavy (non-hydrogen) atoms. The zero-order chi connectivity index (χ0) is 16.6. The summed E-state index contributed by atoms with van der Waals surface area (Å²) >= 11 is 5.12. The molecule has 0 aromatic heterocycles. The summed E-state index contributed by atoms with van der Waals surface area (Å²) in [6.45, 7) is 9.71. The largest absolute Gasteiger partial charge is 0.0609 e. The third-order valence-electron chi connectivity index (χ3n) is 5.93. The van der Waals surface area contributed by atoms with E-state index < -0.39 is 0 Å². The number of rotatable bonds is 0. The Labute approximate surface area is 166 Å². The molecule has 0 aliphatic heterocycles. The summed E-state index contributed by atoms with van der Waals surface area (Å²) in [6.07, 6.45) is 2.46. The van der Waals surface area contributed by atoms with Crippen LogP contribution in [0, 0.1) is 7.14 Å². The van der Waals surface area contributed by atoms with Crippen molar-refractivity contribution >= 4 is 45.2 Å². The lowest BCUT2D eigenvalue weighted by molar-refractivity contribution is 0.348. The number of hydrogen-bond donors (Lipinski definition) is 0. The number of fused-ring (bicyclic) bond motifs is 4. The predicted molar refractivity (Wildman–Crippen MR) is 114 cm³/mol. The van der Waals surface area contributed by atoms with Gasteiger partial charge in [-0.1, -0.05) is 52.0 Å². The van der Waals surface area contributed by atoms with E-state index in [1.165, 1.54) is 20.0 Å². The highest BCUT2D eigenvalue weighted by molar-refractivity contribution is 14.1. The van der Waals surface area contributed by atoms with Gasteiger partial charge in [-0.3, -0.25) is 0 Å². The summed E-state index contributed by atoms with van der Waals surface area (Å²) in [7, 11) is 0. The molecule has 0 fully saturated rings. The van der Waals surface area contributed by atoms with Gasteiger partial charge < -0.3 is 0 Å². The predicted octanol–water partition coefficient (Wildman–Crippen LogP) is 6.54. The zero-order valence-electron chi connectivity index (χ0n) is 14.1. The smallest absolute Gasteiger partial charge is 0.0246 e. The Kier molecular flexibility index (Phi) is 3.53. The zero-order valence-corrected chi connectivity index (χ0v) is 18.4. The molecule has 0 saturated heterocycles. The minimum atomic E-state index is 0.188. The molecule has 2 aromatic carbocycles. The topological polar surface area (TPSA) is 0 Å². The van der Waals surface area contributed by atoms with Gasteiger partial charge in [-0.25, -0.2) is 0 Å². The summed E-state index contributed by atoms with van der Waals surface area (Å²) in [5.41, 5.74) is 7.02. The van der Waals surface area contributed by atoms with Gasteiger partial charge in [0.2, 0.25) is 0 Å². The normalized spacial score (nSPS) is 22.2. The maximum atomic E-state index is 2.56. The van der Waals surface area contributed by atoms with Gasteiger partial charge in [0.05, 0.1) is 0 Å². The van der Waals surface area contributed by atoms with E-state index in [2.05, 4.69) is 109 Å². The van der Waals surface area contributed by atoms with Crippen LogP contribution in [-0.2, 0) is 16.2 Å². The van der Waals surface area contributed by atoms with Gasteiger partial charge in [0, 0.05) is 12.6 Å². The van der Waals surface area contributed by atoms with Crippen LogP contribution in [0.4, 0.5) is 0 Å². The molecule has 2 aliphatic carbocycles. The standard InChI is InChI=1S/C21H22I2/c1-19(2)11-21(17-13(19)7-5-9-15(17)22)12-20(3,4)14-8-6-10-16(23)18(14)21/h5-10H,11-12H2,1-4H3. The molecule has 120 valence electrons. The molecule has 0 N–H and O–H groups in total. The molecule has 0 unspecified atom stereocenters. The van der Waals surface area contributed by atoms with Crippen LogP contribution in [0.15, 0.2) is 36.4 Å². The fraction of sp³-hybridized carbons (Fsp3) is 0.429. The molecule has 0 saturated carbocycles. The van der Waals surface area contributed by atoms with Crippen molar-refractivity contribution in [3.63, 3.8) is 0 Å². The van der Waals surface area contributed by atoms with Crippen molar-refractivity contribution in [3.8, 4) is 0 Å². The summed E-state index contributed by atoms with van der Waals surface area (Å²) in [5.74, 6) is 0. The van der Waals surface area contributed by atoms with Gasteiger partial charge in [-0.05, 0) is 103 Å². The third kappa shape index (κ3) is 2.12. The van der Waals surface area contributed by atoms with Crippen LogP contribution >= 0.6 is 45.2 Å². The fourth-order valence-electron chi connectivity index (χ4n) is 5.39. The van der Waals surface area contributed by atoms with Crippen LogP contribution in [0.1, 0.15) is 62.8 Å². The van der Waals surface area contributed by atoms with E-state index in [1.807, 2.05) is 0 Å². The van der Waals surface area contributed by atoms with E-state index in [0.717, 1.165) is 0 Å². The Morgan fingerprint density at radius 2 is 1.09 bits per heavy atom. The Bertz CT molecular complexity index is 745. The Morgan fingerprint density at radius 3 is 1.48 bits per heavy atom. The number of benzene rings is 2. The van der Waals surface area contributed by atoms with Gasteiger partial charge in [-0.15, -0.1) is 0 Å². The second-order valence-electron chi connectivity index (χ2n) is 8.53. The molecule has 2 heteroatoms. The summed E-state index contributed by atoms with van der Waals surface area (Å²) in [4.78, 5) is 0.